The average molecular weight is 257 g/mol. The molecule has 0 amide bonds. The number of carboxylic acids is 1. The second-order valence-corrected chi connectivity index (χ2v) is 4.03. The largest absolute Gasteiger partial charge is 0.478 e. The Kier molecular flexibility index (Phi) is 3.69. The van der Waals surface area contributed by atoms with Gasteiger partial charge in [0.25, 0.3) is 0 Å². The third kappa shape index (κ3) is 2.73. The molecule has 90 valence electrons. The Morgan fingerprint density at radius 3 is 2.56 bits per heavy atom. The molecule has 0 aliphatic rings. The molecule has 0 radical (unpaired) electrons. The molecule has 2 rings (SSSR count). The number of pyridine rings is 1. The van der Waals surface area contributed by atoms with Crippen molar-refractivity contribution in [2.45, 2.75) is 0 Å². The standard InChI is InChI=1S/C14H11NO2S/c16-13(17)9-8-11-5-4-10-15(14(11)18)12-6-2-1-3-7-12/h1-10H,(H,16,17)/b9-8-. The molecule has 0 aliphatic heterocycles. The second kappa shape index (κ2) is 5.42. The Bertz CT molecular complexity index is 644. The van der Waals surface area contributed by atoms with Crippen LogP contribution in [-0.4, -0.2) is 15.6 Å². The van der Waals surface area contributed by atoms with Crippen LogP contribution in [-0.2, 0) is 4.79 Å². The second-order valence-electron chi connectivity index (χ2n) is 3.65. The van der Waals surface area contributed by atoms with Gasteiger partial charge in [0.1, 0.15) is 4.64 Å². The van der Waals surface area contributed by atoms with E-state index in [0.29, 0.717) is 10.2 Å². The van der Waals surface area contributed by atoms with Crippen molar-refractivity contribution in [1.82, 2.24) is 4.57 Å². The summed E-state index contributed by atoms with van der Waals surface area (Å²) >= 11 is 5.34. The number of rotatable bonds is 3. The van der Waals surface area contributed by atoms with E-state index in [0.717, 1.165) is 11.8 Å². The van der Waals surface area contributed by atoms with Crippen LogP contribution in [0.1, 0.15) is 5.56 Å². The maximum atomic E-state index is 10.5. The monoisotopic (exact) mass is 257 g/mol. The third-order valence-corrected chi connectivity index (χ3v) is 2.85. The van der Waals surface area contributed by atoms with Gasteiger partial charge in [-0.15, -0.1) is 0 Å². The lowest BCUT2D eigenvalue weighted by Gasteiger charge is -2.07. The summed E-state index contributed by atoms with van der Waals surface area (Å²) in [5, 5.41) is 8.62. The molecule has 0 atom stereocenters. The van der Waals surface area contributed by atoms with E-state index >= 15 is 0 Å². The lowest BCUT2D eigenvalue weighted by molar-refractivity contribution is -0.131. The molecule has 1 aromatic carbocycles. The van der Waals surface area contributed by atoms with Crippen molar-refractivity contribution in [3.05, 3.63) is 64.9 Å². The van der Waals surface area contributed by atoms with Crippen molar-refractivity contribution in [3.63, 3.8) is 0 Å². The Hall–Kier alpha value is -2.20. The van der Waals surface area contributed by atoms with E-state index in [2.05, 4.69) is 0 Å². The molecule has 1 N–H and O–H groups in total. The normalized spacial score (nSPS) is 10.7. The number of nitrogens with zero attached hydrogens (tertiary/aromatic N) is 1. The summed E-state index contributed by atoms with van der Waals surface area (Å²) in [5.74, 6) is -0.987. The van der Waals surface area contributed by atoms with Crippen molar-refractivity contribution >= 4 is 24.3 Å². The van der Waals surface area contributed by atoms with Gasteiger partial charge in [0.15, 0.2) is 0 Å². The molecule has 2 aromatic rings. The summed E-state index contributed by atoms with van der Waals surface area (Å²) in [5.41, 5.74) is 1.66. The van der Waals surface area contributed by atoms with E-state index < -0.39 is 5.97 Å². The number of aromatic nitrogens is 1. The first-order valence-electron chi connectivity index (χ1n) is 5.36. The minimum Gasteiger partial charge on any atom is -0.478 e. The van der Waals surface area contributed by atoms with Crippen LogP contribution in [0.25, 0.3) is 11.8 Å². The molecular weight excluding hydrogens is 246 g/mol. The molecule has 0 bridgehead atoms. The van der Waals surface area contributed by atoms with Crippen LogP contribution in [0, 0.1) is 4.64 Å². The lowest BCUT2D eigenvalue weighted by atomic mass is 10.2. The molecule has 0 saturated carbocycles. The van der Waals surface area contributed by atoms with Crippen molar-refractivity contribution in [2.24, 2.45) is 0 Å². The summed E-state index contributed by atoms with van der Waals surface area (Å²) in [4.78, 5) is 10.5. The number of benzene rings is 1. The molecule has 0 saturated heterocycles. The summed E-state index contributed by atoms with van der Waals surface area (Å²) in [6.07, 6.45) is 4.44. The molecule has 0 aliphatic carbocycles. The first-order chi connectivity index (χ1) is 8.68. The molecule has 1 heterocycles. The van der Waals surface area contributed by atoms with E-state index in [1.165, 1.54) is 6.08 Å². The van der Waals surface area contributed by atoms with E-state index in [9.17, 15) is 4.79 Å². The zero-order valence-electron chi connectivity index (χ0n) is 9.48. The van der Waals surface area contributed by atoms with E-state index in [1.54, 1.807) is 6.07 Å². The fourth-order valence-corrected chi connectivity index (χ4v) is 1.89. The van der Waals surface area contributed by atoms with Crippen molar-refractivity contribution in [1.29, 1.82) is 0 Å². The summed E-state index contributed by atoms with van der Waals surface area (Å²) in [6.45, 7) is 0. The minimum atomic E-state index is -0.987. The number of aliphatic carboxylic acids is 1. The molecule has 0 spiro atoms. The van der Waals surface area contributed by atoms with E-state index in [1.807, 2.05) is 47.2 Å². The quantitative estimate of drug-likeness (QED) is 0.677. The fourth-order valence-electron chi connectivity index (χ4n) is 1.59. The van der Waals surface area contributed by atoms with Crippen LogP contribution in [0.2, 0.25) is 0 Å². The molecule has 18 heavy (non-hydrogen) atoms. The van der Waals surface area contributed by atoms with Crippen LogP contribution in [0.5, 0.6) is 0 Å². The molecule has 1 aromatic heterocycles. The van der Waals surface area contributed by atoms with Gasteiger partial charge < -0.3 is 9.67 Å². The van der Waals surface area contributed by atoms with Crippen LogP contribution in [0.3, 0.4) is 0 Å². The van der Waals surface area contributed by atoms with Gasteiger partial charge in [-0.25, -0.2) is 4.79 Å². The van der Waals surface area contributed by atoms with Crippen LogP contribution >= 0.6 is 12.2 Å². The molecular formula is C14H11NO2S. The SMILES string of the molecule is O=C(O)/C=C\c1cccn(-c2ccccc2)c1=S. The van der Waals surface area contributed by atoms with Gasteiger partial charge in [-0.3, -0.25) is 0 Å². The molecule has 3 nitrogen and oxygen atoms in total. The Labute approximate surface area is 110 Å². The lowest BCUT2D eigenvalue weighted by Crippen LogP contribution is -1.97. The van der Waals surface area contributed by atoms with Gasteiger partial charge in [0.05, 0.1) is 0 Å². The van der Waals surface area contributed by atoms with Gasteiger partial charge in [0, 0.05) is 23.5 Å². The Morgan fingerprint density at radius 1 is 1.17 bits per heavy atom. The number of carboxylic acid groups (broad SMARTS) is 1. The van der Waals surface area contributed by atoms with Crippen LogP contribution in [0.15, 0.2) is 54.7 Å². The maximum absolute atomic E-state index is 10.5. The zero-order valence-corrected chi connectivity index (χ0v) is 10.3. The summed E-state index contributed by atoms with van der Waals surface area (Å²) in [6, 6.07) is 13.3. The zero-order chi connectivity index (χ0) is 13.0. The highest BCUT2D eigenvalue weighted by atomic mass is 32.1. The van der Waals surface area contributed by atoms with Gasteiger partial charge in [-0.2, -0.15) is 0 Å². The Morgan fingerprint density at radius 2 is 1.89 bits per heavy atom. The fraction of sp³-hybridized carbons (Fsp3) is 0. The summed E-state index contributed by atoms with van der Waals surface area (Å²) < 4.78 is 2.43. The molecule has 4 heteroatoms. The third-order valence-electron chi connectivity index (χ3n) is 2.42. The highest BCUT2D eigenvalue weighted by Gasteiger charge is 1.99. The van der Waals surface area contributed by atoms with Crippen LogP contribution in [0.4, 0.5) is 0 Å². The number of hydrogen-bond acceptors (Lipinski definition) is 2. The predicted octanol–water partition coefficient (Wildman–Crippen LogP) is 3.30. The van der Waals surface area contributed by atoms with E-state index in [-0.39, 0.29) is 0 Å². The van der Waals surface area contributed by atoms with E-state index in [4.69, 9.17) is 17.3 Å². The summed E-state index contributed by atoms with van der Waals surface area (Å²) in [7, 11) is 0. The average Bonchev–Trinajstić information content (AvgIpc) is 2.38. The highest BCUT2D eigenvalue weighted by Crippen LogP contribution is 2.12. The van der Waals surface area contributed by atoms with Crippen molar-refractivity contribution < 1.29 is 9.90 Å². The Balaban J connectivity index is 2.49. The smallest absolute Gasteiger partial charge is 0.328 e. The number of carbonyl (C=O) groups is 1. The molecule has 0 unspecified atom stereocenters. The first kappa shape index (κ1) is 12.3. The highest BCUT2D eigenvalue weighted by molar-refractivity contribution is 7.71. The van der Waals surface area contributed by atoms with Gasteiger partial charge in [-0.1, -0.05) is 36.5 Å². The first-order valence-corrected chi connectivity index (χ1v) is 5.77. The van der Waals surface area contributed by atoms with Crippen molar-refractivity contribution in [3.8, 4) is 5.69 Å². The van der Waals surface area contributed by atoms with Gasteiger partial charge in [0.2, 0.25) is 0 Å². The number of hydrogen-bond donors (Lipinski definition) is 1. The predicted molar refractivity (Wildman–Crippen MR) is 73.3 cm³/mol. The topological polar surface area (TPSA) is 42.2 Å². The van der Waals surface area contributed by atoms with Gasteiger partial charge >= 0.3 is 5.97 Å². The van der Waals surface area contributed by atoms with Gasteiger partial charge in [-0.05, 0) is 24.3 Å². The minimum absolute atomic E-state index is 0.584. The van der Waals surface area contributed by atoms with Crippen LogP contribution < -0.4 is 0 Å². The number of para-hydroxylation sites is 1. The molecule has 0 fully saturated rings. The van der Waals surface area contributed by atoms with Crippen molar-refractivity contribution in [2.75, 3.05) is 0 Å². The maximum Gasteiger partial charge on any atom is 0.328 e.